The van der Waals surface area contributed by atoms with Gasteiger partial charge in [-0.2, -0.15) is 4.31 Å². The number of carbonyl (C=O) groups is 1. The highest BCUT2D eigenvalue weighted by Gasteiger charge is 2.27. The number of amides is 1. The van der Waals surface area contributed by atoms with E-state index in [0.717, 1.165) is 38.0 Å². The molecule has 0 bridgehead atoms. The van der Waals surface area contributed by atoms with Crippen molar-refractivity contribution < 1.29 is 22.7 Å². The second-order valence-corrected chi connectivity index (χ2v) is 9.77. The maximum absolute atomic E-state index is 13.2. The number of carbonyl (C=O) groups excluding carboxylic acids is 1. The highest BCUT2D eigenvalue weighted by Crippen LogP contribution is 2.31. The van der Waals surface area contributed by atoms with E-state index in [1.807, 2.05) is 13.8 Å². The lowest BCUT2D eigenvalue weighted by Crippen LogP contribution is -2.35. The Morgan fingerprint density at radius 1 is 1.00 bits per heavy atom. The monoisotopic (exact) mass is 475 g/mol. The molecule has 1 aliphatic rings. The molecule has 9 heteroatoms. The lowest BCUT2D eigenvalue weighted by molar-refractivity contribution is -0.118. The van der Waals surface area contributed by atoms with Crippen molar-refractivity contribution in [3.05, 3.63) is 42.5 Å². The van der Waals surface area contributed by atoms with Gasteiger partial charge in [-0.05, 0) is 69.2 Å². The van der Waals surface area contributed by atoms with Crippen LogP contribution in [-0.4, -0.2) is 58.5 Å². The van der Waals surface area contributed by atoms with Gasteiger partial charge in [0.15, 0.2) is 6.61 Å². The van der Waals surface area contributed by atoms with Gasteiger partial charge >= 0.3 is 0 Å². The summed E-state index contributed by atoms with van der Waals surface area (Å²) in [5.74, 6) is 0.866. The first-order valence-electron chi connectivity index (χ1n) is 11.3. The summed E-state index contributed by atoms with van der Waals surface area (Å²) < 4.78 is 38.6. The highest BCUT2D eigenvalue weighted by atomic mass is 32.2. The number of piperidine rings is 1. The van der Waals surface area contributed by atoms with E-state index >= 15 is 0 Å². The first kappa shape index (κ1) is 24.9. The number of anilines is 2. The third kappa shape index (κ3) is 6.17. The van der Waals surface area contributed by atoms with Gasteiger partial charge in [0.25, 0.3) is 5.91 Å². The average molecular weight is 476 g/mol. The lowest BCUT2D eigenvalue weighted by Gasteiger charge is -2.28. The maximum atomic E-state index is 13.2. The Kier molecular flexibility index (Phi) is 8.57. The van der Waals surface area contributed by atoms with Gasteiger partial charge in [-0.15, -0.1) is 0 Å². The molecule has 1 fully saturated rings. The number of nitrogens with zero attached hydrogens (tertiary/aromatic N) is 2. The van der Waals surface area contributed by atoms with Crippen LogP contribution in [0.1, 0.15) is 33.1 Å². The van der Waals surface area contributed by atoms with Crippen LogP contribution in [0.3, 0.4) is 0 Å². The van der Waals surface area contributed by atoms with E-state index in [9.17, 15) is 13.2 Å². The first-order chi connectivity index (χ1) is 15.9. The van der Waals surface area contributed by atoms with Gasteiger partial charge in [-0.3, -0.25) is 4.79 Å². The van der Waals surface area contributed by atoms with Crippen molar-refractivity contribution in [2.75, 3.05) is 50.1 Å². The topological polar surface area (TPSA) is 88.2 Å². The van der Waals surface area contributed by atoms with Gasteiger partial charge in [-0.1, -0.05) is 6.42 Å². The standard InChI is InChI=1S/C24H33N3O5S/c1-4-26(5-2)23-14-13-21(33(29,30)27-15-7-6-8-16-27)17-22(23)25-24(28)18-32-20-11-9-19(31-3)10-12-20/h9-14,17H,4-8,15-16,18H2,1-3H3,(H,25,28). The largest absolute Gasteiger partial charge is 0.497 e. The van der Waals surface area contributed by atoms with Gasteiger partial charge in [0.2, 0.25) is 10.0 Å². The van der Waals surface area contributed by atoms with Crippen LogP contribution in [-0.2, 0) is 14.8 Å². The second kappa shape index (κ2) is 11.4. The van der Waals surface area contributed by atoms with Crippen molar-refractivity contribution in [2.45, 2.75) is 38.0 Å². The van der Waals surface area contributed by atoms with Crippen molar-refractivity contribution in [3.63, 3.8) is 0 Å². The number of ether oxygens (including phenoxy) is 2. The van der Waals surface area contributed by atoms with E-state index in [1.54, 1.807) is 49.6 Å². The van der Waals surface area contributed by atoms with Crippen LogP contribution in [0.4, 0.5) is 11.4 Å². The normalized spacial score (nSPS) is 14.5. The minimum atomic E-state index is -3.62. The third-order valence-corrected chi connectivity index (χ3v) is 7.62. The number of sulfonamides is 1. The Balaban J connectivity index is 1.80. The highest BCUT2D eigenvalue weighted by molar-refractivity contribution is 7.89. The molecule has 8 nitrogen and oxygen atoms in total. The van der Waals surface area contributed by atoms with Gasteiger partial charge in [0, 0.05) is 26.2 Å². The smallest absolute Gasteiger partial charge is 0.262 e. The van der Waals surface area contributed by atoms with Crippen molar-refractivity contribution in [3.8, 4) is 11.5 Å². The molecule has 0 atom stereocenters. The molecule has 0 saturated carbocycles. The quantitative estimate of drug-likeness (QED) is 0.563. The molecule has 2 aromatic carbocycles. The Hall–Kier alpha value is -2.78. The first-order valence-corrected chi connectivity index (χ1v) is 12.8. The van der Waals surface area contributed by atoms with Crippen molar-refractivity contribution >= 4 is 27.3 Å². The van der Waals surface area contributed by atoms with Crippen LogP contribution in [0.15, 0.2) is 47.4 Å². The third-order valence-electron chi connectivity index (χ3n) is 5.73. The average Bonchev–Trinajstić information content (AvgIpc) is 2.85. The summed E-state index contributed by atoms with van der Waals surface area (Å²) in [4.78, 5) is 14.9. The number of benzene rings is 2. The zero-order valence-corrected chi connectivity index (χ0v) is 20.4. The number of hydrogen-bond acceptors (Lipinski definition) is 6. The Labute approximate surface area is 196 Å². The summed E-state index contributed by atoms with van der Waals surface area (Å²) in [6, 6.07) is 11.9. The van der Waals surface area contributed by atoms with E-state index < -0.39 is 10.0 Å². The summed E-state index contributed by atoms with van der Waals surface area (Å²) in [5, 5.41) is 2.85. The fourth-order valence-corrected chi connectivity index (χ4v) is 5.42. The van der Waals surface area contributed by atoms with Gasteiger partial charge < -0.3 is 19.7 Å². The molecule has 0 aromatic heterocycles. The molecule has 0 unspecified atom stereocenters. The molecule has 2 aromatic rings. The zero-order valence-electron chi connectivity index (χ0n) is 19.5. The SMILES string of the molecule is CCN(CC)c1ccc(S(=O)(=O)N2CCCCC2)cc1NC(=O)COc1ccc(OC)cc1. The van der Waals surface area contributed by atoms with Crippen LogP contribution >= 0.6 is 0 Å². The summed E-state index contributed by atoms with van der Waals surface area (Å²) in [5.41, 5.74) is 1.23. The molecule has 3 rings (SSSR count). The Morgan fingerprint density at radius 2 is 1.64 bits per heavy atom. The number of methoxy groups -OCH3 is 1. The van der Waals surface area contributed by atoms with E-state index in [-0.39, 0.29) is 17.4 Å². The van der Waals surface area contributed by atoms with Crippen LogP contribution < -0.4 is 19.7 Å². The zero-order chi connectivity index (χ0) is 23.8. The van der Waals surface area contributed by atoms with Gasteiger partial charge in [0.1, 0.15) is 11.5 Å². The summed E-state index contributed by atoms with van der Waals surface area (Å²) in [6.45, 7) is 6.32. The number of rotatable bonds is 10. The minimum Gasteiger partial charge on any atom is -0.497 e. The fraction of sp³-hybridized carbons (Fsp3) is 0.458. The van der Waals surface area contributed by atoms with Crippen molar-refractivity contribution in [2.24, 2.45) is 0 Å². The predicted octanol–water partition coefficient (Wildman–Crippen LogP) is 3.73. The molecule has 1 N–H and O–H groups in total. The molecular weight excluding hydrogens is 442 g/mol. The van der Waals surface area contributed by atoms with Crippen molar-refractivity contribution in [1.82, 2.24) is 4.31 Å². The summed E-state index contributed by atoms with van der Waals surface area (Å²) in [7, 11) is -2.04. The summed E-state index contributed by atoms with van der Waals surface area (Å²) >= 11 is 0. The molecule has 1 aliphatic heterocycles. The maximum Gasteiger partial charge on any atom is 0.262 e. The Bertz CT molecular complexity index is 1030. The molecule has 1 saturated heterocycles. The molecule has 33 heavy (non-hydrogen) atoms. The fourth-order valence-electron chi connectivity index (χ4n) is 3.88. The van der Waals surface area contributed by atoms with Crippen LogP contribution in [0, 0.1) is 0 Å². The molecule has 0 radical (unpaired) electrons. The number of nitrogens with one attached hydrogen (secondary N) is 1. The number of hydrogen-bond donors (Lipinski definition) is 1. The van der Waals surface area contributed by atoms with Crippen LogP contribution in [0.5, 0.6) is 11.5 Å². The van der Waals surface area contributed by atoms with Crippen LogP contribution in [0.25, 0.3) is 0 Å². The van der Waals surface area contributed by atoms with Gasteiger partial charge in [0.05, 0.1) is 23.4 Å². The van der Waals surface area contributed by atoms with E-state index in [2.05, 4.69) is 10.2 Å². The van der Waals surface area contributed by atoms with Gasteiger partial charge in [-0.25, -0.2) is 8.42 Å². The predicted molar refractivity (Wildman–Crippen MR) is 130 cm³/mol. The lowest BCUT2D eigenvalue weighted by atomic mass is 10.2. The Morgan fingerprint density at radius 3 is 2.24 bits per heavy atom. The molecule has 0 aliphatic carbocycles. The molecular formula is C24H33N3O5S. The molecule has 1 heterocycles. The second-order valence-electron chi connectivity index (χ2n) is 7.83. The summed E-state index contributed by atoms with van der Waals surface area (Å²) in [6.07, 6.45) is 2.77. The minimum absolute atomic E-state index is 0.187. The van der Waals surface area contributed by atoms with Crippen LogP contribution in [0.2, 0.25) is 0 Å². The molecule has 1 amide bonds. The molecule has 0 spiro atoms. The van der Waals surface area contributed by atoms with E-state index in [1.165, 1.54) is 4.31 Å². The van der Waals surface area contributed by atoms with E-state index in [4.69, 9.17) is 9.47 Å². The van der Waals surface area contributed by atoms with E-state index in [0.29, 0.717) is 30.3 Å². The molecule has 180 valence electrons. The van der Waals surface area contributed by atoms with Crippen molar-refractivity contribution in [1.29, 1.82) is 0 Å².